The van der Waals surface area contributed by atoms with Crippen LogP contribution in [0.4, 0.5) is 0 Å². The van der Waals surface area contributed by atoms with Gasteiger partial charge in [0.2, 0.25) is 0 Å². The van der Waals surface area contributed by atoms with Crippen LogP contribution in [-0.4, -0.2) is 27.4 Å². The lowest BCUT2D eigenvalue weighted by Gasteiger charge is -2.20. The highest BCUT2D eigenvalue weighted by molar-refractivity contribution is 5.91. The van der Waals surface area contributed by atoms with Crippen LogP contribution in [-0.2, 0) is 11.2 Å². The van der Waals surface area contributed by atoms with Crippen molar-refractivity contribution in [2.24, 2.45) is 5.92 Å². The zero-order valence-corrected chi connectivity index (χ0v) is 13.8. The summed E-state index contributed by atoms with van der Waals surface area (Å²) in [5.41, 5.74) is 1.05. The van der Waals surface area contributed by atoms with Crippen molar-refractivity contribution in [1.82, 2.24) is 0 Å². The minimum atomic E-state index is -0.658. The number of phenolic OH excluding ortho intramolecular Hbond substituents is 3. The minimum absolute atomic E-state index is 0.00961. The van der Waals surface area contributed by atoms with E-state index in [2.05, 4.69) is 0 Å². The molecule has 0 aliphatic heterocycles. The molecule has 0 spiro atoms. The number of ether oxygens (including phenoxy) is 1. The van der Waals surface area contributed by atoms with Crippen molar-refractivity contribution in [3.8, 4) is 17.2 Å². The van der Waals surface area contributed by atoms with Gasteiger partial charge in [-0.3, -0.25) is 0 Å². The Bertz CT molecular complexity index is 671. The van der Waals surface area contributed by atoms with Crippen molar-refractivity contribution in [1.29, 1.82) is 0 Å². The smallest absolute Gasteiger partial charge is 0.338 e. The topological polar surface area (TPSA) is 87.0 Å². The van der Waals surface area contributed by atoms with Crippen molar-refractivity contribution in [3.63, 3.8) is 0 Å². The summed E-state index contributed by atoms with van der Waals surface area (Å²) in [6, 6.07) is 11.9. The predicted molar refractivity (Wildman–Crippen MR) is 90.2 cm³/mol. The monoisotopic (exact) mass is 330 g/mol. The number of rotatable bonds is 6. The Morgan fingerprint density at radius 1 is 1.04 bits per heavy atom. The van der Waals surface area contributed by atoms with Crippen LogP contribution >= 0.6 is 0 Å². The van der Waals surface area contributed by atoms with Crippen molar-refractivity contribution >= 4 is 5.97 Å². The second-order valence-corrected chi connectivity index (χ2v) is 6.21. The molecule has 0 saturated heterocycles. The third-order valence-electron chi connectivity index (χ3n) is 3.62. The fourth-order valence-corrected chi connectivity index (χ4v) is 2.52. The standard InChI is InChI=1S/C19H22O5/c1-12(2)8-15(9-13-6-4-3-5-7-13)24-19(23)14-10-16(20)18(22)17(21)11-14/h3-7,10-12,15,20-22H,8-9H2,1-2H3. The number of carbonyl (C=O) groups is 1. The predicted octanol–water partition coefficient (Wildman–Crippen LogP) is 3.62. The maximum atomic E-state index is 12.3. The van der Waals surface area contributed by atoms with Gasteiger partial charge >= 0.3 is 5.97 Å². The number of esters is 1. The number of hydrogen-bond acceptors (Lipinski definition) is 5. The molecule has 0 aliphatic carbocycles. The van der Waals surface area contributed by atoms with Gasteiger partial charge in [0, 0.05) is 6.42 Å². The lowest BCUT2D eigenvalue weighted by Crippen LogP contribution is -2.22. The molecule has 2 aromatic rings. The molecule has 0 radical (unpaired) electrons. The van der Waals surface area contributed by atoms with E-state index in [-0.39, 0.29) is 11.7 Å². The molecule has 5 nitrogen and oxygen atoms in total. The summed E-state index contributed by atoms with van der Waals surface area (Å²) in [6.07, 6.45) is 0.954. The van der Waals surface area contributed by atoms with Gasteiger partial charge in [0.15, 0.2) is 17.2 Å². The fourth-order valence-electron chi connectivity index (χ4n) is 2.52. The van der Waals surface area contributed by atoms with E-state index in [1.165, 1.54) is 0 Å². The van der Waals surface area contributed by atoms with Crippen LogP contribution in [0.2, 0.25) is 0 Å². The lowest BCUT2D eigenvalue weighted by atomic mass is 9.99. The zero-order valence-electron chi connectivity index (χ0n) is 13.8. The molecule has 0 fully saturated rings. The Kier molecular flexibility index (Phi) is 5.68. The summed E-state index contributed by atoms with van der Waals surface area (Å²) in [6.45, 7) is 4.09. The van der Waals surface area contributed by atoms with Crippen molar-refractivity contribution < 1.29 is 24.9 Å². The summed E-state index contributed by atoms with van der Waals surface area (Å²) < 4.78 is 5.56. The van der Waals surface area contributed by atoms with Gasteiger partial charge < -0.3 is 20.1 Å². The van der Waals surface area contributed by atoms with Gasteiger partial charge in [0.25, 0.3) is 0 Å². The number of carbonyl (C=O) groups excluding carboxylic acids is 1. The van der Waals surface area contributed by atoms with Crippen LogP contribution in [0.25, 0.3) is 0 Å². The van der Waals surface area contributed by atoms with Crippen LogP contribution in [0.15, 0.2) is 42.5 Å². The number of benzene rings is 2. The molecule has 1 unspecified atom stereocenters. The van der Waals surface area contributed by atoms with Gasteiger partial charge in [-0.05, 0) is 30.0 Å². The highest BCUT2D eigenvalue weighted by atomic mass is 16.5. The molecular formula is C19H22O5. The Morgan fingerprint density at radius 2 is 1.62 bits per heavy atom. The van der Waals surface area contributed by atoms with E-state index in [0.29, 0.717) is 18.8 Å². The van der Waals surface area contributed by atoms with Gasteiger partial charge in [0.1, 0.15) is 6.10 Å². The van der Waals surface area contributed by atoms with E-state index in [1.807, 2.05) is 44.2 Å². The van der Waals surface area contributed by atoms with Gasteiger partial charge in [-0.1, -0.05) is 44.2 Å². The van der Waals surface area contributed by atoms with E-state index >= 15 is 0 Å². The average molecular weight is 330 g/mol. The first-order chi connectivity index (χ1) is 11.4. The van der Waals surface area contributed by atoms with Crippen molar-refractivity contribution in [3.05, 3.63) is 53.6 Å². The molecule has 5 heteroatoms. The summed E-state index contributed by atoms with van der Waals surface area (Å²) in [5, 5.41) is 28.4. The molecule has 3 N–H and O–H groups in total. The van der Waals surface area contributed by atoms with Crippen LogP contribution in [0.3, 0.4) is 0 Å². The molecule has 24 heavy (non-hydrogen) atoms. The SMILES string of the molecule is CC(C)CC(Cc1ccccc1)OC(=O)c1cc(O)c(O)c(O)c1. The Balaban J connectivity index is 2.15. The summed E-state index contributed by atoms with van der Waals surface area (Å²) in [5.74, 6) is -2.10. The van der Waals surface area contributed by atoms with E-state index in [1.54, 1.807) is 0 Å². The second-order valence-electron chi connectivity index (χ2n) is 6.21. The molecule has 0 aromatic heterocycles. The third-order valence-corrected chi connectivity index (χ3v) is 3.62. The quantitative estimate of drug-likeness (QED) is 0.556. The van der Waals surface area contributed by atoms with E-state index in [4.69, 9.17) is 4.74 Å². The first-order valence-corrected chi connectivity index (χ1v) is 7.86. The molecule has 2 rings (SSSR count). The summed E-state index contributed by atoms with van der Waals surface area (Å²) in [4.78, 5) is 12.3. The number of hydrogen-bond donors (Lipinski definition) is 3. The first-order valence-electron chi connectivity index (χ1n) is 7.86. The Morgan fingerprint density at radius 3 is 2.17 bits per heavy atom. The normalized spacial score (nSPS) is 12.1. The van der Waals surface area contributed by atoms with E-state index in [9.17, 15) is 20.1 Å². The fraction of sp³-hybridized carbons (Fsp3) is 0.316. The van der Waals surface area contributed by atoms with Gasteiger partial charge in [-0.15, -0.1) is 0 Å². The lowest BCUT2D eigenvalue weighted by molar-refractivity contribution is 0.0254. The molecule has 1 atom stereocenters. The summed E-state index contributed by atoms with van der Waals surface area (Å²) in [7, 11) is 0. The Labute approximate surface area is 141 Å². The van der Waals surface area contributed by atoms with Crippen molar-refractivity contribution in [2.45, 2.75) is 32.8 Å². The number of aromatic hydroxyl groups is 3. The molecule has 0 heterocycles. The average Bonchev–Trinajstić information content (AvgIpc) is 2.52. The highest BCUT2D eigenvalue weighted by Crippen LogP contribution is 2.35. The molecule has 0 saturated carbocycles. The molecule has 128 valence electrons. The zero-order chi connectivity index (χ0) is 17.7. The van der Waals surface area contributed by atoms with Crippen LogP contribution in [0.1, 0.15) is 36.2 Å². The maximum absolute atomic E-state index is 12.3. The van der Waals surface area contributed by atoms with Crippen LogP contribution < -0.4 is 0 Å². The van der Waals surface area contributed by atoms with E-state index in [0.717, 1.165) is 17.7 Å². The van der Waals surface area contributed by atoms with Crippen molar-refractivity contribution in [2.75, 3.05) is 0 Å². The van der Waals surface area contributed by atoms with Gasteiger partial charge in [-0.25, -0.2) is 4.79 Å². The third kappa shape index (κ3) is 4.65. The van der Waals surface area contributed by atoms with Crippen LogP contribution in [0, 0.1) is 5.92 Å². The summed E-state index contributed by atoms with van der Waals surface area (Å²) >= 11 is 0. The maximum Gasteiger partial charge on any atom is 0.338 e. The van der Waals surface area contributed by atoms with Crippen LogP contribution in [0.5, 0.6) is 17.2 Å². The molecule has 0 bridgehead atoms. The molecule has 0 aliphatic rings. The first kappa shape index (κ1) is 17.7. The highest BCUT2D eigenvalue weighted by Gasteiger charge is 2.20. The second kappa shape index (κ2) is 7.73. The minimum Gasteiger partial charge on any atom is -0.504 e. The Hall–Kier alpha value is -2.69. The van der Waals surface area contributed by atoms with E-state index < -0.39 is 23.2 Å². The molecule has 2 aromatic carbocycles. The van der Waals surface area contributed by atoms with Gasteiger partial charge in [-0.2, -0.15) is 0 Å². The number of phenols is 3. The largest absolute Gasteiger partial charge is 0.504 e. The van der Waals surface area contributed by atoms with Gasteiger partial charge in [0.05, 0.1) is 5.56 Å². The molecule has 0 amide bonds. The molecular weight excluding hydrogens is 308 g/mol.